The molecule has 0 spiro atoms. The Balaban J connectivity index is 0.000000775. The molecule has 3 rings (SSSR count). The predicted molar refractivity (Wildman–Crippen MR) is 95.1 cm³/mol. The van der Waals surface area contributed by atoms with Crippen molar-refractivity contribution in [3.8, 4) is 0 Å². The molecule has 0 saturated heterocycles. The first-order chi connectivity index (χ1) is 10.2. The van der Waals surface area contributed by atoms with Gasteiger partial charge >= 0.3 is 0 Å². The highest BCUT2D eigenvalue weighted by molar-refractivity contribution is 5.38. The molecule has 1 heteroatoms. The van der Waals surface area contributed by atoms with E-state index in [4.69, 9.17) is 0 Å². The van der Waals surface area contributed by atoms with Crippen molar-refractivity contribution in [2.75, 3.05) is 13.6 Å². The SMILES string of the molecule is CC.CCN(C)[C@H]1Cc2ccc(C)cc2C2CCCCC21.[HH]. The van der Waals surface area contributed by atoms with Crippen molar-refractivity contribution in [1.29, 1.82) is 0 Å². The van der Waals surface area contributed by atoms with Gasteiger partial charge in [-0.25, -0.2) is 0 Å². The Labute approximate surface area is 133 Å². The maximum absolute atomic E-state index is 2.59. The van der Waals surface area contributed by atoms with Crippen LogP contribution in [-0.2, 0) is 6.42 Å². The quantitative estimate of drug-likeness (QED) is 0.703. The van der Waals surface area contributed by atoms with Gasteiger partial charge in [-0.15, -0.1) is 0 Å². The van der Waals surface area contributed by atoms with Gasteiger partial charge < -0.3 is 4.90 Å². The van der Waals surface area contributed by atoms with Crippen molar-refractivity contribution < 1.29 is 1.43 Å². The van der Waals surface area contributed by atoms with E-state index in [0.29, 0.717) is 0 Å². The third kappa shape index (κ3) is 3.34. The zero-order chi connectivity index (χ0) is 15.4. The first-order valence-electron chi connectivity index (χ1n) is 9.00. The summed E-state index contributed by atoms with van der Waals surface area (Å²) in [7, 11) is 2.31. The average Bonchev–Trinajstić information content (AvgIpc) is 2.55. The molecule has 1 aromatic carbocycles. The molecule has 0 N–H and O–H groups in total. The smallest absolute Gasteiger partial charge is 0.0167 e. The molecule has 0 bridgehead atoms. The van der Waals surface area contributed by atoms with Crippen molar-refractivity contribution in [2.24, 2.45) is 5.92 Å². The van der Waals surface area contributed by atoms with Gasteiger partial charge in [0.15, 0.2) is 0 Å². The Bertz CT molecular complexity index is 457. The second-order valence-corrected chi connectivity index (χ2v) is 6.60. The van der Waals surface area contributed by atoms with Crippen LogP contribution in [0.25, 0.3) is 0 Å². The van der Waals surface area contributed by atoms with Crippen molar-refractivity contribution in [3.05, 3.63) is 34.9 Å². The third-order valence-corrected chi connectivity index (χ3v) is 5.51. The molecule has 1 aromatic rings. The van der Waals surface area contributed by atoms with E-state index in [-0.39, 0.29) is 1.43 Å². The lowest BCUT2D eigenvalue weighted by Crippen LogP contribution is -2.46. The van der Waals surface area contributed by atoms with Crippen LogP contribution in [0.3, 0.4) is 0 Å². The lowest BCUT2D eigenvalue weighted by atomic mass is 9.65. The van der Waals surface area contributed by atoms with Crippen LogP contribution in [0.5, 0.6) is 0 Å². The molecular weight excluding hydrogens is 254 g/mol. The topological polar surface area (TPSA) is 3.24 Å². The number of benzene rings is 1. The summed E-state index contributed by atoms with van der Waals surface area (Å²) in [5.74, 6) is 1.73. The molecule has 2 aliphatic carbocycles. The number of likely N-dealkylation sites (N-methyl/N-ethyl adjacent to an activating group) is 1. The van der Waals surface area contributed by atoms with E-state index in [1.54, 1.807) is 11.1 Å². The summed E-state index contributed by atoms with van der Waals surface area (Å²) in [6.07, 6.45) is 6.98. The lowest BCUT2D eigenvalue weighted by molar-refractivity contribution is 0.119. The van der Waals surface area contributed by atoms with Crippen LogP contribution in [0.1, 0.15) is 70.5 Å². The van der Waals surface area contributed by atoms with Gasteiger partial charge in [-0.1, -0.05) is 57.4 Å². The third-order valence-electron chi connectivity index (χ3n) is 5.51. The Kier molecular flexibility index (Phi) is 5.87. The van der Waals surface area contributed by atoms with E-state index in [2.05, 4.69) is 44.0 Å². The molecule has 21 heavy (non-hydrogen) atoms. The minimum atomic E-state index is 0. The zero-order valence-electron chi connectivity index (χ0n) is 14.7. The second-order valence-electron chi connectivity index (χ2n) is 6.60. The van der Waals surface area contributed by atoms with Gasteiger partial charge in [0.2, 0.25) is 0 Å². The summed E-state index contributed by atoms with van der Waals surface area (Å²) in [6.45, 7) is 9.71. The van der Waals surface area contributed by atoms with Gasteiger partial charge in [0.05, 0.1) is 0 Å². The highest BCUT2D eigenvalue weighted by Crippen LogP contribution is 2.46. The Morgan fingerprint density at radius 2 is 1.90 bits per heavy atom. The summed E-state index contributed by atoms with van der Waals surface area (Å²) in [6, 6.07) is 7.93. The molecule has 0 aliphatic heterocycles. The van der Waals surface area contributed by atoms with E-state index >= 15 is 0 Å². The highest BCUT2D eigenvalue weighted by atomic mass is 15.1. The molecule has 3 atom stereocenters. The van der Waals surface area contributed by atoms with Crippen molar-refractivity contribution >= 4 is 0 Å². The first kappa shape index (κ1) is 16.5. The van der Waals surface area contributed by atoms with Gasteiger partial charge in [-0.3, -0.25) is 0 Å². The molecular formula is C20H35N. The summed E-state index contributed by atoms with van der Waals surface area (Å²) >= 11 is 0. The van der Waals surface area contributed by atoms with Crippen LogP contribution in [0, 0.1) is 12.8 Å². The van der Waals surface area contributed by atoms with Crippen LogP contribution in [-0.4, -0.2) is 24.5 Å². The number of aryl methyl sites for hydroxylation is 1. The fourth-order valence-corrected chi connectivity index (χ4v) is 4.35. The van der Waals surface area contributed by atoms with E-state index < -0.39 is 0 Å². The molecule has 0 radical (unpaired) electrons. The fraction of sp³-hybridized carbons (Fsp3) is 0.700. The Hall–Kier alpha value is -0.820. The van der Waals surface area contributed by atoms with Crippen molar-refractivity contribution in [3.63, 3.8) is 0 Å². The fourth-order valence-electron chi connectivity index (χ4n) is 4.35. The van der Waals surface area contributed by atoms with Crippen LogP contribution < -0.4 is 0 Å². The number of hydrogen-bond acceptors (Lipinski definition) is 1. The van der Waals surface area contributed by atoms with E-state index in [9.17, 15) is 0 Å². The molecule has 0 heterocycles. The normalized spacial score (nSPS) is 27.4. The predicted octanol–water partition coefficient (Wildman–Crippen LogP) is 5.42. The van der Waals surface area contributed by atoms with Crippen LogP contribution >= 0.6 is 0 Å². The summed E-state index contributed by atoms with van der Waals surface area (Å²) < 4.78 is 0. The maximum atomic E-state index is 2.59. The maximum Gasteiger partial charge on any atom is 0.0167 e. The first-order valence-corrected chi connectivity index (χ1v) is 9.00. The molecule has 2 unspecified atom stereocenters. The number of fused-ring (bicyclic) bond motifs is 3. The Morgan fingerprint density at radius 1 is 1.19 bits per heavy atom. The number of rotatable bonds is 2. The van der Waals surface area contributed by atoms with Crippen molar-refractivity contribution in [2.45, 2.75) is 71.8 Å². The monoisotopic (exact) mass is 289 g/mol. The molecule has 1 fully saturated rings. The molecule has 120 valence electrons. The molecule has 2 aliphatic rings. The largest absolute Gasteiger partial charge is 0.303 e. The van der Waals surface area contributed by atoms with Gasteiger partial charge in [0, 0.05) is 7.47 Å². The standard InChI is InChI=1S/C18H27N.C2H6.H2/c1-4-19(3)18-12-14-10-9-13(2)11-17(14)15-7-5-6-8-16(15)18;1-2;/h9-11,15-16,18H,4-8,12H2,1-3H3;1-2H3;1H/t15?,16?,18-;;/m0../s1. The molecule has 0 aromatic heterocycles. The van der Waals surface area contributed by atoms with Gasteiger partial charge in [-0.2, -0.15) is 0 Å². The minimum Gasteiger partial charge on any atom is -0.303 e. The minimum absolute atomic E-state index is 0. The van der Waals surface area contributed by atoms with Gasteiger partial charge in [-0.05, 0) is 62.7 Å². The van der Waals surface area contributed by atoms with Crippen LogP contribution in [0.2, 0.25) is 0 Å². The molecule has 1 saturated carbocycles. The highest BCUT2D eigenvalue weighted by Gasteiger charge is 2.39. The number of hydrogen-bond donors (Lipinski definition) is 0. The molecule has 1 nitrogen and oxygen atoms in total. The van der Waals surface area contributed by atoms with Gasteiger partial charge in [0.25, 0.3) is 0 Å². The lowest BCUT2D eigenvalue weighted by Gasteiger charge is -2.46. The molecule has 0 amide bonds. The van der Waals surface area contributed by atoms with Crippen LogP contribution in [0.15, 0.2) is 18.2 Å². The summed E-state index contributed by atoms with van der Waals surface area (Å²) in [4.78, 5) is 2.59. The Morgan fingerprint density at radius 3 is 2.62 bits per heavy atom. The average molecular weight is 290 g/mol. The summed E-state index contributed by atoms with van der Waals surface area (Å²) in [5, 5.41) is 0. The number of nitrogens with zero attached hydrogens (tertiary/aromatic N) is 1. The van der Waals surface area contributed by atoms with Crippen LogP contribution in [0.4, 0.5) is 0 Å². The van der Waals surface area contributed by atoms with Crippen molar-refractivity contribution in [1.82, 2.24) is 4.90 Å². The van der Waals surface area contributed by atoms with E-state index in [1.807, 2.05) is 13.8 Å². The van der Waals surface area contributed by atoms with Gasteiger partial charge in [0.1, 0.15) is 0 Å². The zero-order valence-corrected chi connectivity index (χ0v) is 14.7. The van der Waals surface area contributed by atoms with E-state index in [1.165, 1.54) is 44.2 Å². The summed E-state index contributed by atoms with van der Waals surface area (Å²) in [5.41, 5.74) is 4.75. The second kappa shape index (κ2) is 7.45. The van der Waals surface area contributed by atoms with E-state index in [0.717, 1.165) is 17.9 Å².